The lowest BCUT2D eigenvalue weighted by atomic mass is 10.2. The van der Waals surface area contributed by atoms with E-state index in [1.807, 2.05) is 0 Å². The van der Waals surface area contributed by atoms with Crippen molar-refractivity contribution in [1.29, 1.82) is 0 Å². The number of benzene rings is 2. The van der Waals surface area contributed by atoms with Gasteiger partial charge in [0, 0.05) is 11.9 Å². The number of aromatic nitrogens is 2. The standard InChI is InChI=1S/C17H11F5N4/c18-12-2-1-3-13(19)15(12)26-16-23-9-8-14(25-16)24-11-6-4-10(5-7-11)17(20,21)22/h1-9H,(H2,23,24,25,26). The van der Waals surface area contributed by atoms with Gasteiger partial charge in [-0.05, 0) is 42.5 Å². The normalized spacial score (nSPS) is 11.3. The third-order valence-corrected chi connectivity index (χ3v) is 3.34. The molecule has 2 N–H and O–H groups in total. The minimum atomic E-state index is -4.42. The maximum atomic E-state index is 13.7. The molecule has 3 aromatic rings. The first-order valence-electron chi connectivity index (χ1n) is 7.31. The molecule has 0 aliphatic rings. The van der Waals surface area contributed by atoms with Gasteiger partial charge in [-0.1, -0.05) is 6.07 Å². The SMILES string of the molecule is Fc1cccc(F)c1Nc1nccc(Nc2ccc(C(F)(F)F)cc2)n1. The van der Waals surface area contributed by atoms with Crippen LogP contribution in [0.3, 0.4) is 0 Å². The van der Waals surface area contributed by atoms with Crippen LogP contribution in [-0.2, 0) is 6.18 Å². The van der Waals surface area contributed by atoms with Crippen molar-refractivity contribution in [3.8, 4) is 0 Å². The number of hydrogen-bond donors (Lipinski definition) is 2. The zero-order chi connectivity index (χ0) is 18.7. The Morgan fingerprint density at radius 2 is 1.46 bits per heavy atom. The lowest BCUT2D eigenvalue weighted by Gasteiger charge is -2.11. The highest BCUT2D eigenvalue weighted by Crippen LogP contribution is 2.30. The van der Waals surface area contributed by atoms with Crippen molar-refractivity contribution >= 4 is 23.1 Å². The third kappa shape index (κ3) is 4.05. The summed E-state index contributed by atoms with van der Waals surface area (Å²) in [6.45, 7) is 0. The molecule has 0 aliphatic heterocycles. The molecule has 1 heterocycles. The second kappa shape index (κ2) is 6.95. The summed E-state index contributed by atoms with van der Waals surface area (Å²) >= 11 is 0. The van der Waals surface area contributed by atoms with Gasteiger partial charge in [-0.15, -0.1) is 0 Å². The quantitative estimate of drug-likeness (QED) is 0.619. The third-order valence-electron chi connectivity index (χ3n) is 3.34. The van der Waals surface area contributed by atoms with Crippen LogP contribution in [0.5, 0.6) is 0 Å². The second-order valence-corrected chi connectivity index (χ2v) is 5.19. The van der Waals surface area contributed by atoms with Crippen molar-refractivity contribution in [2.45, 2.75) is 6.18 Å². The average Bonchev–Trinajstić information content (AvgIpc) is 2.58. The Kier molecular flexibility index (Phi) is 4.70. The minimum absolute atomic E-state index is 0.0779. The van der Waals surface area contributed by atoms with Crippen LogP contribution in [0.1, 0.15) is 5.56 Å². The lowest BCUT2D eigenvalue weighted by Crippen LogP contribution is -2.05. The first-order valence-corrected chi connectivity index (χ1v) is 7.31. The molecule has 0 unspecified atom stereocenters. The number of nitrogens with zero attached hydrogens (tertiary/aromatic N) is 2. The van der Waals surface area contributed by atoms with E-state index in [2.05, 4.69) is 20.6 Å². The topological polar surface area (TPSA) is 49.8 Å². The summed E-state index contributed by atoms with van der Waals surface area (Å²) in [6.07, 6.45) is -3.09. The molecule has 0 fully saturated rings. The van der Waals surface area contributed by atoms with E-state index < -0.39 is 29.1 Å². The lowest BCUT2D eigenvalue weighted by molar-refractivity contribution is -0.137. The molecule has 0 radical (unpaired) electrons. The summed E-state index contributed by atoms with van der Waals surface area (Å²) in [6, 6.07) is 9.18. The average molecular weight is 366 g/mol. The molecule has 0 saturated carbocycles. The Morgan fingerprint density at radius 3 is 2.08 bits per heavy atom. The predicted molar refractivity (Wildman–Crippen MR) is 86.4 cm³/mol. The molecule has 0 amide bonds. The van der Waals surface area contributed by atoms with Gasteiger partial charge in [0.2, 0.25) is 5.95 Å². The Labute approximate surface area is 144 Å². The maximum Gasteiger partial charge on any atom is 0.416 e. The van der Waals surface area contributed by atoms with Crippen LogP contribution in [-0.4, -0.2) is 9.97 Å². The highest BCUT2D eigenvalue weighted by atomic mass is 19.4. The number of hydrogen-bond acceptors (Lipinski definition) is 4. The summed E-state index contributed by atoms with van der Waals surface area (Å²) in [5.41, 5.74) is -0.818. The largest absolute Gasteiger partial charge is 0.416 e. The van der Waals surface area contributed by atoms with Crippen molar-refractivity contribution in [2.24, 2.45) is 0 Å². The molecule has 4 nitrogen and oxygen atoms in total. The van der Waals surface area contributed by atoms with Crippen LogP contribution in [0.4, 0.5) is 45.1 Å². The van der Waals surface area contributed by atoms with E-state index in [1.54, 1.807) is 0 Å². The van der Waals surface area contributed by atoms with Gasteiger partial charge in [0.1, 0.15) is 23.1 Å². The number of nitrogens with one attached hydrogen (secondary N) is 2. The van der Waals surface area contributed by atoms with E-state index in [0.717, 1.165) is 24.3 Å². The fraction of sp³-hybridized carbons (Fsp3) is 0.0588. The first kappa shape index (κ1) is 17.6. The van der Waals surface area contributed by atoms with Gasteiger partial charge in [-0.2, -0.15) is 18.2 Å². The van der Waals surface area contributed by atoms with E-state index in [9.17, 15) is 22.0 Å². The summed E-state index contributed by atoms with van der Waals surface area (Å²) in [5, 5.41) is 5.23. The Morgan fingerprint density at radius 1 is 0.808 bits per heavy atom. The Balaban J connectivity index is 1.77. The van der Waals surface area contributed by atoms with Gasteiger partial charge in [-0.3, -0.25) is 0 Å². The summed E-state index contributed by atoms with van der Waals surface area (Å²) in [5.74, 6) is -1.46. The van der Waals surface area contributed by atoms with Crippen LogP contribution < -0.4 is 10.6 Å². The molecule has 0 saturated heterocycles. The Hall–Kier alpha value is -3.23. The number of anilines is 4. The zero-order valence-electron chi connectivity index (χ0n) is 13.0. The van der Waals surface area contributed by atoms with Gasteiger partial charge in [0.15, 0.2) is 0 Å². The summed E-state index contributed by atoms with van der Waals surface area (Å²) < 4.78 is 65.0. The molecule has 0 atom stereocenters. The van der Waals surface area contributed by atoms with Crippen LogP contribution >= 0.6 is 0 Å². The first-order chi connectivity index (χ1) is 12.3. The molecular weight excluding hydrogens is 355 g/mol. The van der Waals surface area contributed by atoms with Gasteiger partial charge in [0.25, 0.3) is 0 Å². The van der Waals surface area contributed by atoms with Crippen molar-refractivity contribution in [3.05, 3.63) is 71.9 Å². The molecule has 0 bridgehead atoms. The molecule has 3 rings (SSSR count). The molecule has 9 heteroatoms. The number of alkyl halides is 3. The van der Waals surface area contributed by atoms with E-state index in [0.29, 0.717) is 5.69 Å². The highest BCUT2D eigenvalue weighted by Gasteiger charge is 2.29. The van der Waals surface area contributed by atoms with E-state index in [-0.39, 0.29) is 11.8 Å². The zero-order valence-corrected chi connectivity index (χ0v) is 13.0. The highest BCUT2D eigenvalue weighted by molar-refractivity contribution is 5.60. The minimum Gasteiger partial charge on any atom is -0.340 e. The second-order valence-electron chi connectivity index (χ2n) is 5.19. The molecule has 0 spiro atoms. The van der Waals surface area contributed by atoms with E-state index in [1.165, 1.54) is 30.5 Å². The predicted octanol–water partition coefficient (Wildman–Crippen LogP) is 5.26. The monoisotopic (exact) mass is 366 g/mol. The van der Waals surface area contributed by atoms with Crippen molar-refractivity contribution < 1.29 is 22.0 Å². The maximum absolute atomic E-state index is 13.7. The van der Waals surface area contributed by atoms with Crippen molar-refractivity contribution in [2.75, 3.05) is 10.6 Å². The number of rotatable bonds is 4. The van der Waals surface area contributed by atoms with Crippen LogP contribution in [0.15, 0.2) is 54.7 Å². The number of para-hydroxylation sites is 1. The fourth-order valence-electron chi connectivity index (χ4n) is 2.11. The number of halogens is 5. The summed E-state index contributed by atoms with van der Waals surface area (Å²) in [4.78, 5) is 7.89. The van der Waals surface area contributed by atoms with Gasteiger partial charge >= 0.3 is 6.18 Å². The molecule has 134 valence electrons. The van der Waals surface area contributed by atoms with Gasteiger partial charge in [-0.25, -0.2) is 13.8 Å². The molecule has 26 heavy (non-hydrogen) atoms. The fourth-order valence-corrected chi connectivity index (χ4v) is 2.11. The van der Waals surface area contributed by atoms with Crippen LogP contribution in [0.2, 0.25) is 0 Å². The van der Waals surface area contributed by atoms with Crippen molar-refractivity contribution in [3.63, 3.8) is 0 Å². The van der Waals surface area contributed by atoms with Gasteiger partial charge in [0.05, 0.1) is 5.56 Å². The Bertz CT molecular complexity index is 890. The van der Waals surface area contributed by atoms with E-state index >= 15 is 0 Å². The van der Waals surface area contributed by atoms with Crippen LogP contribution in [0.25, 0.3) is 0 Å². The van der Waals surface area contributed by atoms with Crippen LogP contribution in [0, 0.1) is 11.6 Å². The molecule has 1 aromatic heterocycles. The molecular formula is C17H11F5N4. The smallest absolute Gasteiger partial charge is 0.340 e. The van der Waals surface area contributed by atoms with Crippen molar-refractivity contribution in [1.82, 2.24) is 9.97 Å². The molecule has 2 aromatic carbocycles. The summed E-state index contributed by atoms with van der Waals surface area (Å²) in [7, 11) is 0. The van der Waals surface area contributed by atoms with Gasteiger partial charge < -0.3 is 10.6 Å². The molecule has 0 aliphatic carbocycles. The van der Waals surface area contributed by atoms with E-state index in [4.69, 9.17) is 0 Å².